The van der Waals surface area contributed by atoms with Crippen LogP contribution in [-0.2, 0) is 4.79 Å². The molecule has 3 aromatic rings. The van der Waals surface area contributed by atoms with Gasteiger partial charge in [0.05, 0.1) is 7.11 Å². The standard InChI is InChI=1S/C23H21N3O3/c1-15-12-17(16(2)26(15)20-6-8-21(27)9-7-20)13-18(14-24)23(28)25-19-4-10-22(29-3)11-5-19/h4-13,27H,1-3H3,(H,25,28)/b18-13-. The summed E-state index contributed by atoms with van der Waals surface area (Å²) >= 11 is 0. The van der Waals surface area contributed by atoms with Crippen molar-refractivity contribution < 1.29 is 14.6 Å². The molecule has 1 aromatic heterocycles. The number of carbonyl (C=O) groups is 1. The van der Waals surface area contributed by atoms with Crippen LogP contribution < -0.4 is 10.1 Å². The number of hydrogen-bond acceptors (Lipinski definition) is 4. The maximum atomic E-state index is 12.5. The van der Waals surface area contributed by atoms with E-state index in [4.69, 9.17) is 4.74 Å². The Hall–Kier alpha value is -3.98. The maximum Gasteiger partial charge on any atom is 0.266 e. The molecule has 0 aliphatic carbocycles. The fraction of sp³-hybridized carbons (Fsp3) is 0.130. The molecule has 0 atom stereocenters. The molecule has 0 saturated heterocycles. The second-order valence-electron chi connectivity index (χ2n) is 6.53. The predicted octanol–water partition coefficient (Wildman–Crippen LogP) is 4.35. The highest BCUT2D eigenvalue weighted by atomic mass is 16.5. The van der Waals surface area contributed by atoms with E-state index in [1.165, 1.54) is 0 Å². The predicted molar refractivity (Wildman–Crippen MR) is 112 cm³/mol. The molecule has 2 aromatic carbocycles. The number of benzene rings is 2. The Bertz CT molecular complexity index is 1100. The molecule has 0 fully saturated rings. The minimum Gasteiger partial charge on any atom is -0.508 e. The lowest BCUT2D eigenvalue weighted by Gasteiger charge is -2.09. The van der Waals surface area contributed by atoms with Crippen molar-refractivity contribution in [1.29, 1.82) is 5.26 Å². The lowest BCUT2D eigenvalue weighted by atomic mass is 10.1. The van der Waals surface area contributed by atoms with Crippen LogP contribution in [0.5, 0.6) is 11.5 Å². The summed E-state index contributed by atoms with van der Waals surface area (Å²) < 4.78 is 7.10. The summed E-state index contributed by atoms with van der Waals surface area (Å²) in [6.07, 6.45) is 1.58. The van der Waals surface area contributed by atoms with Crippen LogP contribution in [0.25, 0.3) is 11.8 Å². The first kappa shape index (κ1) is 19.8. The summed E-state index contributed by atoms with van der Waals surface area (Å²) in [5.41, 5.74) is 4.08. The molecule has 1 amide bonds. The number of nitrogens with zero attached hydrogens (tertiary/aromatic N) is 2. The highest BCUT2D eigenvalue weighted by Crippen LogP contribution is 2.24. The summed E-state index contributed by atoms with van der Waals surface area (Å²) in [5, 5.41) is 21.7. The van der Waals surface area contributed by atoms with Crippen LogP contribution in [0.4, 0.5) is 5.69 Å². The van der Waals surface area contributed by atoms with Gasteiger partial charge in [-0.05, 0) is 80.1 Å². The van der Waals surface area contributed by atoms with Crippen LogP contribution in [0.3, 0.4) is 0 Å². The minimum absolute atomic E-state index is 0.00627. The van der Waals surface area contributed by atoms with Crippen LogP contribution >= 0.6 is 0 Å². The third kappa shape index (κ3) is 4.30. The summed E-state index contributed by atoms with van der Waals surface area (Å²) in [5.74, 6) is 0.395. The number of anilines is 1. The van der Waals surface area contributed by atoms with E-state index in [1.54, 1.807) is 49.6 Å². The summed E-state index contributed by atoms with van der Waals surface area (Å²) in [4.78, 5) is 12.5. The van der Waals surface area contributed by atoms with Crippen molar-refractivity contribution in [2.24, 2.45) is 0 Å². The van der Waals surface area contributed by atoms with Gasteiger partial charge in [-0.25, -0.2) is 0 Å². The largest absolute Gasteiger partial charge is 0.508 e. The van der Waals surface area contributed by atoms with E-state index in [0.29, 0.717) is 11.4 Å². The zero-order chi connectivity index (χ0) is 21.0. The lowest BCUT2D eigenvalue weighted by Crippen LogP contribution is -2.13. The molecule has 0 saturated carbocycles. The Kier molecular flexibility index (Phi) is 5.70. The van der Waals surface area contributed by atoms with Crippen LogP contribution in [0, 0.1) is 25.2 Å². The highest BCUT2D eigenvalue weighted by molar-refractivity contribution is 6.09. The lowest BCUT2D eigenvalue weighted by molar-refractivity contribution is -0.112. The zero-order valence-corrected chi connectivity index (χ0v) is 16.4. The minimum atomic E-state index is -0.480. The number of aryl methyl sites for hydroxylation is 1. The summed E-state index contributed by atoms with van der Waals surface area (Å²) in [7, 11) is 1.57. The number of rotatable bonds is 5. The Labute approximate surface area is 169 Å². The molecule has 0 radical (unpaired) electrons. The Morgan fingerprint density at radius 1 is 1.14 bits per heavy atom. The van der Waals surface area contributed by atoms with Gasteiger partial charge in [0.2, 0.25) is 0 Å². The summed E-state index contributed by atoms with van der Waals surface area (Å²) in [6, 6.07) is 17.6. The number of phenols is 1. The molecule has 0 spiro atoms. The molecule has 2 N–H and O–H groups in total. The van der Waals surface area contributed by atoms with E-state index < -0.39 is 5.91 Å². The van der Waals surface area contributed by atoms with Gasteiger partial charge in [-0.15, -0.1) is 0 Å². The van der Waals surface area contributed by atoms with Gasteiger partial charge in [0.1, 0.15) is 23.1 Å². The van der Waals surface area contributed by atoms with Gasteiger partial charge in [-0.3, -0.25) is 4.79 Å². The molecule has 1 heterocycles. The van der Waals surface area contributed by atoms with Crippen molar-refractivity contribution in [1.82, 2.24) is 4.57 Å². The van der Waals surface area contributed by atoms with Gasteiger partial charge in [0.25, 0.3) is 5.91 Å². The second-order valence-corrected chi connectivity index (χ2v) is 6.53. The third-order valence-corrected chi connectivity index (χ3v) is 4.59. The van der Waals surface area contributed by atoms with Crippen LogP contribution in [0.15, 0.2) is 60.2 Å². The summed E-state index contributed by atoms with van der Waals surface area (Å²) in [6.45, 7) is 3.86. The fourth-order valence-electron chi connectivity index (χ4n) is 3.11. The maximum absolute atomic E-state index is 12.5. The smallest absolute Gasteiger partial charge is 0.266 e. The number of methoxy groups -OCH3 is 1. The first-order valence-electron chi connectivity index (χ1n) is 8.98. The number of aromatic nitrogens is 1. The molecule has 6 nitrogen and oxygen atoms in total. The molecule has 0 bridgehead atoms. The number of aromatic hydroxyl groups is 1. The molecule has 0 unspecified atom stereocenters. The molecule has 6 heteroatoms. The number of amides is 1. The third-order valence-electron chi connectivity index (χ3n) is 4.59. The first-order chi connectivity index (χ1) is 13.9. The quantitative estimate of drug-likeness (QED) is 0.503. The van der Waals surface area contributed by atoms with Crippen molar-refractivity contribution in [3.63, 3.8) is 0 Å². The average molecular weight is 387 g/mol. The average Bonchev–Trinajstić information content (AvgIpc) is 3.00. The van der Waals surface area contributed by atoms with Crippen molar-refractivity contribution >= 4 is 17.7 Å². The Morgan fingerprint density at radius 2 is 1.79 bits per heavy atom. The number of ether oxygens (including phenoxy) is 1. The Morgan fingerprint density at radius 3 is 2.38 bits per heavy atom. The molecular formula is C23H21N3O3. The molecule has 0 aliphatic rings. The monoisotopic (exact) mass is 387 g/mol. The highest BCUT2D eigenvalue weighted by Gasteiger charge is 2.14. The molecule has 29 heavy (non-hydrogen) atoms. The number of phenolic OH excluding ortho intramolecular Hbond substituents is 1. The van der Waals surface area contributed by atoms with Gasteiger partial charge in [-0.1, -0.05) is 0 Å². The van der Waals surface area contributed by atoms with E-state index in [0.717, 1.165) is 22.6 Å². The normalized spacial score (nSPS) is 11.0. The number of hydrogen-bond donors (Lipinski definition) is 2. The van der Waals surface area contributed by atoms with Gasteiger partial charge < -0.3 is 19.7 Å². The van der Waals surface area contributed by atoms with Crippen molar-refractivity contribution in [3.8, 4) is 23.3 Å². The van der Waals surface area contributed by atoms with E-state index in [-0.39, 0.29) is 11.3 Å². The van der Waals surface area contributed by atoms with Crippen LogP contribution in [-0.4, -0.2) is 22.7 Å². The van der Waals surface area contributed by atoms with Gasteiger partial charge >= 0.3 is 0 Å². The van der Waals surface area contributed by atoms with Gasteiger partial charge in [0, 0.05) is 22.8 Å². The number of nitriles is 1. The van der Waals surface area contributed by atoms with E-state index in [1.807, 2.05) is 42.7 Å². The second kappa shape index (κ2) is 8.36. The number of carbonyl (C=O) groups excluding carboxylic acids is 1. The Balaban J connectivity index is 1.88. The topological polar surface area (TPSA) is 87.3 Å². The van der Waals surface area contributed by atoms with Crippen molar-refractivity contribution in [3.05, 3.63) is 77.1 Å². The zero-order valence-electron chi connectivity index (χ0n) is 16.4. The van der Waals surface area contributed by atoms with Crippen molar-refractivity contribution in [2.45, 2.75) is 13.8 Å². The molecule has 146 valence electrons. The molecule has 0 aliphatic heterocycles. The molecule has 3 rings (SSSR count). The van der Waals surface area contributed by atoms with Crippen LogP contribution in [0.2, 0.25) is 0 Å². The first-order valence-corrected chi connectivity index (χ1v) is 8.98. The van der Waals surface area contributed by atoms with Gasteiger partial charge in [-0.2, -0.15) is 5.26 Å². The van der Waals surface area contributed by atoms with E-state index in [2.05, 4.69) is 5.32 Å². The number of nitrogens with one attached hydrogen (secondary N) is 1. The van der Waals surface area contributed by atoms with E-state index in [9.17, 15) is 15.2 Å². The van der Waals surface area contributed by atoms with Crippen molar-refractivity contribution in [2.75, 3.05) is 12.4 Å². The van der Waals surface area contributed by atoms with Crippen LogP contribution in [0.1, 0.15) is 17.0 Å². The molecular weight excluding hydrogens is 366 g/mol. The fourth-order valence-corrected chi connectivity index (χ4v) is 3.11. The van der Waals surface area contributed by atoms with E-state index >= 15 is 0 Å². The SMILES string of the molecule is COc1ccc(NC(=O)/C(C#N)=C\c2cc(C)n(-c3ccc(O)cc3)c2C)cc1. The van der Waals surface area contributed by atoms with Gasteiger partial charge in [0.15, 0.2) is 0 Å².